The van der Waals surface area contributed by atoms with Crippen molar-refractivity contribution < 1.29 is 31.6 Å². The lowest BCUT2D eigenvalue weighted by Gasteiger charge is -2.11. The number of esters is 1. The molecule has 0 atom stereocenters. The lowest BCUT2D eigenvalue weighted by molar-refractivity contribution is 0.0563. The van der Waals surface area contributed by atoms with E-state index in [9.17, 15) is 18.0 Å². The molecule has 0 bridgehead atoms. The largest absolute Gasteiger partial charge is 0.463 e. The number of carbonyl (C=O) groups is 2. The van der Waals surface area contributed by atoms with Crippen molar-refractivity contribution >= 4 is 33.7 Å². The van der Waals surface area contributed by atoms with Gasteiger partial charge >= 0.3 is 5.97 Å². The van der Waals surface area contributed by atoms with Crippen LogP contribution in [0.1, 0.15) is 32.6 Å². The van der Waals surface area contributed by atoms with Crippen LogP contribution in [0, 0.1) is 0 Å². The number of nitrogens with zero attached hydrogens (tertiary/aromatic N) is 3. The second-order valence-corrected chi connectivity index (χ2v) is 9.58. The maximum atomic E-state index is 12.3. The number of nitrogens with one attached hydrogen (secondary N) is 1. The summed E-state index contributed by atoms with van der Waals surface area (Å²) in [7, 11) is 0.564. The Hall–Kier alpha value is -3.16. The molecule has 170 valence electrons. The first-order valence-corrected chi connectivity index (χ1v) is 11.6. The van der Waals surface area contributed by atoms with E-state index < -0.39 is 21.9 Å². The van der Waals surface area contributed by atoms with Gasteiger partial charge in [0.25, 0.3) is 11.1 Å². The van der Waals surface area contributed by atoms with Crippen molar-refractivity contribution in [3.05, 3.63) is 59.4 Å². The van der Waals surface area contributed by atoms with E-state index in [1.54, 1.807) is 6.07 Å². The Kier molecular flexibility index (Phi) is 7.33. The third-order valence-corrected chi connectivity index (χ3v) is 6.80. The molecule has 0 fully saturated rings. The number of benzene rings is 1. The summed E-state index contributed by atoms with van der Waals surface area (Å²) >= 11 is 1.20. The van der Waals surface area contributed by atoms with Crippen LogP contribution in [-0.4, -0.2) is 56.0 Å². The molecule has 0 aliphatic heterocycles. The number of ether oxygens (including phenoxy) is 1. The Morgan fingerprint density at radius 3 is 2.47 bits per heavy atom. The number of hydrogen-bond donors (Lipinski definition) is 1. The summed E-state index contributed by atoms with van der Waals surface area (Å²) in [5, 5.41) is 10.6. The molecule has 1 aromatic carbocycles. The van der Waals surface area contributed by atoms with Crippen LogP contribution in [0.4, 0.5) is 0 Å². The lowest BCUT2D eigenvalue weighted by Crippen LogP contribution is -2.24. The SMILES string of the molecule is COC(=O)c1ccc(CSc2nnc(CNC(=O)c3ccc(S(=O)(=O)N(C)C)cc3)o2)o1. The number of amides is 1. The third kappa shape index (κ3) is 5.55. The van der Waals surface area contributed by atoms with Crippen molar-refractivity contribution in [2.24, 2.45) is 0 Å². The predicted octanol–water partition coefficient (Wildman–Crippen LogP) is 1.92. The van der Waals surface area contributed by atoms with Gasteiger partial charge in [0.15, 0.2) is 0 Å². The third-order valence-electron chi connectivity index (χ3n) is 4.13. The molecule has 1 N–H and O–H groups in total. The van der Waals surface area contributed by atoms with Crippen LogP contribution in [0.25, 0.3) is 0 Å². The van der Waals surface area contributed by atoms with E-state index in [2.05, 4.69) is 20.3 Å². The summed E-state index contributed by atoms with van der Waals surface area (Å²) in [6, 6.07) is 8.74. The highest BCUT2D eigenvalue weighted by Crippen LogP contribution is 2.23. The molecule has 2 aromatic heterocycles. The van der Waals surface area contributed by atoms with E-state index in [1.807, 2.05) is 0 Å². The van der Waals surface area contributed by atoms with Gasteiger partial charge in [0, 0.05) is 19.7 Å². The van der Waals surface area contributed by atoms with Crippen LogP contribution in [0.3, 0.4) is 0 Å². The topological polar surface area (TPSA) is 145 Å². The fourth-order valence-electron chi connectivity index (χ4n) is 2.41. The lowest BCUT2D eigenvalue weighted by atomic mass is 10.2. The number of methoxy groups -OCH3 is 1. The highest BCUT2D eigenvalue weighted by Gasteiger charge is 2.18. The van der Waals surface area contributed by atoms with Crippen molar-refractivity contribution in [1.82, 2.24) is 19.8 Å². The monoisotopic (exact) mass is 480 g/mol. The van der Waals surface area contributed by atoms with E-state index in [1.165, 1.54) is 63.3 Å². The van der Waals surface area contributed by atoms with E-state index in [0.717, 1.165) is 4.31 Å². The van der Waals surface area contributed by atoms with Crippen LogP contribution < -0.4 is 5.32 Å². The van der Waals surface area contributed by atoms with Gasteiger partial charge in [-0.15, -0.1) is 10.2 Å². The van der Waals surface area contributed by atoms with Crippen LogP contribution in [0.5, 0.6) is 0 Å². The number of hydrogen-bond acceptors (Lipinski definition) is 10. The smallest absolute Gasteiger partial charge is 0.373 e. The van der Waals surface area contributed by atoms with Crippen molar-refractivity contribution in [2.45, 2.75) is 22.4 Å². The van der Waals surface area contributed by atoms with Crippen molar-refractivity contribution in [3.8, 4) is 0 Å². The molecule has 0 unspecified atom stereocenters. The zero-order valence-electron chi connectivity index (χ0n) is 17.4. The molecular formula is C19H20N4O7S2. The van der Waals surface area contributed by atoms with Crippen molar-refractivity contribution in [2.75, 3.05) is 21.2 Å². The zero-order valence-corrected chi connectivity index (χ0v) is 19.0. The van der Waals surface area contributed by atoms with Crippen LogP contribution in [0.15, 0.2) is 55.4 Å². The Morgan fingerprint density at radius 1 is 1.09 bits per heavy atom. The predicted molar refractivity (Wildman–Crippen MR) is 112 cm³/mol. The highest BCUT2D eigenvalue weighted by atomic mass is 32.2. The summed E-state index contributed by atoms with van der Waals surface area (Å²) in [4.78, 5) is 23.8. The summed E-state index contributed by atoms with van der Waals surface area (Å²) in [6.07, 6.45) is 0. The molecule has 0 saturated heterocycles. The molecule has 3 rings (SSSR count). The minimum absolute atomic E-state index is 0.00260. The molecule has 3 aromatic rings. The fourth-order valence-corrected chi connectivity index (χ4v) is 3.99. The number of aromatic nitrogens is 2. The maximum absolute atomic E-state index is 12.3. The van der Waals surface area contributed by atoms with E-state index in [0.29, 0.717) is 11.5 Å². The van der Waals surface area contributed by atoms with Gasteiger partial charge in [-0.25, -0.2) is 17.5 Å². The zero-order chi connectivity index (χ0) is 23.3. The molecule has 0 saturated carbocycles. The summed E-state index contributed by atoms with van der Waals surface area (Å²) < 4.78 is 40.7. The van der Waals surface area contributed by atoms with Gasteiger partial charge in [-0.1, -0.05) is 11.8 Å². The van der Waals surface area contributed by atoms with E-state index in [4.69, 9.17) is 8.83 Å². The molecule has 0 aliphatic carbocycles. The van der Waals surface area contributed by atoms with Gasteiger partial charge in [-0.3, -0.25) is 4.79 Å². The number of carbonyl (C=O) groups excluding carboxylic acids is 2. The Bertz CT molecular complexity index is 1200. The van der Waals surface area contributed by atoms with Gasteiger partial charge < -0.3 is 18.9 Å². The standard InChI is InChI=1S/C19H20N4O7S2/c1-23(2)32(26,27)14-7-4-12(5-8-14)17(24)20-10-16-21-22-19(30-16)31-11-13-6-9-15(29-13)18(25)28-3/h4-9H,10-11H2,1-3H3,(H,20,24). The second kappa shape index (κ2) is 9.97. The number of furan rings is 1. The molecular weight excluding hydrogens is 460 g/mol. The molecule has 2 heterocycles. The minimum atomic E-state index is -3.57. The average Bonchev–Trinajstić information content (AvgIpc) is 3.45. The molecule has 13 heteroatoms. The second-order valence-electron chi connectivity index (χ2n) is 6.50. The number of rotatable bonds is 9. The van der Waals surface area contributed by atoms with Crippen LogP contribution >= 0.6 is 11.8 Å². The van der Waals surface area contributed by atoms with Crippen LogP contribution in [-0.2, 0) is 27.1 Å². The van der Waals surface area contributed by atoms with E-state index in [-0.39, 0.29) is 33.9 Å². The number of thioether (sulfide) groups is 1. The first kappa shape index (κ1) is 23.5. The molecule has 0 spiro atoms. The minimum Gasteiger partial charge on any atom is -0.463 e. The van der Waals surface area contributed by atoms with Crippen LogP contribution in [0.2, 0.25) is 0 Å². The average molecular weight is 481 g/mol. The van der Waals surface area contributed by atoms with Gasteiger partial charge in [-0.2, -0.15) is 0 Å². The fraction of sp³-hybridized carbons (Fsp3) is 0.263. The van der Waals surface area contributed by atoms with Crippen molar-refractivity contribution in [1.29, 1.82) is 0 Å². The van der Waals surface area contributed by atoms with Gasteiger partial charge in [0.1, 0.15) is 5.76 Å². The first-order valence-electron chi connectivity index (χ1n) is 9.13. The molecule has 0 aliphatic rings. The van der Waals surface area contributed by atoms with Gasteiger partial charge in [0.05, 0.1) is 24.3 Å². The Morgan fingerprint density at radius 2 is 1.81 bits per heavy atom. The first-order chi connectivity index (χ1) is 15.2. The normalized spacial score (nSPS) is 11.5. The summed E-state index contributed by atoms with van der Waals surface area (Å²) in [6.45, 7) is -0.00260. The van der Waals surface area contributed by atoms with E-state index >= 15 is 0 Å². The van der Waals surface area contributed by atoms with Gasteiger partial charge in [0.2, 0.25) is 21.7 Å². The quantitative estimate of drug-likeness (QED) is 0.356. The highest BCUT2D eigenvalue weighted by molar-refractivity contribution is 7.98. The Labute approximate surface area is 188 Å². The molecule has 32 heavy (non-hydrogen) atoms. The summed E-state index contributed by atoms with van der Waals surface area (Å²) in [5.41, 5.74) is 0.288. The molecule has 0 radical (unpaired) electrons. The molecule has 11 nitrogen and oxygen atoms in total. The van der Waals surface area contributed by atoms with Gasteiger partial charge in [-0.05, 0) is 36.4 Å². The van der Waals surface area contributed by atoms with Crippen molar-refractivity contribution in [3.63, 3.8) is 0 Å². The Balaban J connectivity index is 1.52. The maximum Gasteiger partial charge on any atom is 0.373 e. The number of sulfonamides is 1. The summed E-state index contributed by atoms with van der Waals surface area (Å²) in [5.74, 6) is 0.200. The molecule has 1 amide bonds.